The van der Waals surface area contributed by atoms with Crippen LogP contribution in [0, 0.1) is 11.7 Å². The van der Waals surface area contributed by atoms with Crippen LogP contribution >= 0.6 is 12.2 Å². The normalized spacial score (nSPS) is 23.7. The van der Waals surface area contributed by atoms with Crippen LogP contribution in [0.2, 0.25) is 0 Å². The molecule has 0 unspecified atom stereocenters. The number of halogens is 1. The molecule has 1 aromatic rings. The summed E-state index contributed by atoms with van der Waals surface area (Å²) in [5.41, 5.74) is 6.60. The fraction of sp³-hybridized carbons (Fsp3) is 0.500. The Morgan fingerprint density at radius 1 is 1.33 bits per heavy atom. The second-order valence-electron chi connectivity index (χ2n) is 5.16. The average molecular weight is 266 g/mol. The van der Waals surface area contributed by atoms with E-state index in [1.165, 1.54) is 18.9 Å². The van der Waals surface area contributed by atoms with E-state index in [0.29, 0.717) is 17.3 Å². The average Bonchev–Trinajstić information content (AvgIpc) is 2.34. The van der Waals surface area contributed by atoms with Crippen LogP contribution in [0.3, 0.4) is 0 Å². The summed E-state index contributed by atoms with van der Waals surface area (Å²) in [5.74, 6) is 0.517. The summed E-state index contributed by atoms with van der Waals surface area (Å²) in [6.07, 6.45) is 4.64. The summed E-state index contributed by atoms with van der Waals surface area (Å²) < 4.78 is 13.9. The van der Waals surface area contributed by atoms with Crippen molar-refractivity contribution in [3.8, 4) is 0 Å². The minimum atomic E-state index is -0.279. The van der Waals surface area contributed by atoms with E-state index in [2.05, 4.69) is 12.2 Å². The number of anilines is 1. The van der Waals surface area contributed by atoms with Gasteiger partial charge in [0.25, 0.3) is 0 Å². The molecule has 3 N–H and O–H groups in total. The predicted octanol–water partition coefficient (Wildman–Crippen LogP) is 3.45. The van der Waals surface area contributed by atoms with E-state index in [1.807, 2.05) is 0 Å². The molecule has 1 aliphatic carbocycles. The van der Waals surface area contributed by atoms with Gasteiger partial charge in [0.2, 0.25) is 0 Å². The van der Waals surface area contributed by atoms with E-state index in [-0.39, 0.29) is 10.8 Å². The molecule has 4 heteroatoms. The molecular weight excluding hydrogens is 247 g/mol. The van der Waals surface area contributed by atoms with Crippen molar-refractivity contribution in [3.63, 3.8) is 0 Å². The van der Waals surface area contributed by atoms with E-state index < -0.39 is 0 Å². The Labute approximate surface area is 113 Å². The third-order valence-electron chi connectivity index (χ3n) is 3.63. The molecule has 0 amide bonds. The molecule has 18 heavy (non-hydrogen) atoms. The van der Waals surface area contributed by atoms with Crippen LogP contribution in [0.15, 0.2) is 18.2 Å². The number of nitrogens with one attached hydrogen (secondary N) is 1. The molecule has 1 saturated carbocycles. The van der Waals surface area contributed by atoms with Crippen molar-refractivity contribution in [2.24, 2.45) is 11.7 Å². The summed E-state index contributed by atoms with van der Waals surface area (Å²) in [6, 6.07) is 5.27. The molecule has 0 heterocycles. The lowest BCUT2D eigenvalue weighted by atomic mass is 9.87. The van der Waals surface area contributed by atoms with E-state index in [1.54, 1.807) is 12.1 Å². The second-order valence-corrected chi connectivity index (χ2v) is 5.60. The van der Waals surface area contributed by atoms with Gasteiger partial charge in [-0.2, -0.15) is 0 Å². The number of benzene rings is 1. The van der Waals surface area contributed by atoms with Crippen molar-refractivity contribution in [3.05, 3.63) is 29.6 Å². The largest absolute Gasteiger partial charge is 0.389 e. The lowest BCUT2D eigenvalue weighted by molar-refractivity contribution is 0.360. The molecule has 2 nitrogen and oxygen atoms in total. The van der Waals surface area contributed by atoms with Gasteiger partial charge in [0.05, 0.1) is 5.69 Å². The topological polar surface area (TPSA) is 38.0 Å². The number of hydrogen-bond donors (Lipinski definition) is 2. The van der Waals surface area contributed by atoms with Gasteiger partial charge >= 0.3 is 0 Å². The van der Waals surface area contributed by atoms with Gasteiger partial charge in [0.15, 0.2) is 0 Å². The fourth-order valence-corrected chi connectivity index (χ4v) is 2.54. The van der Waals surface area contributed by atoms with Gasteiger partial charge in [-0.15, -0.1) is 0 Å². The van der Waals surface area contributed by atoms with Crippen LogP contribution in [0.25, 0.3) is 0 Å². The summed E-state index contributed by atoms with van der Waals surface area (Å²) in [7, 11) is 0. The highest BCUT2D eigenvalue weighted by Gasteiger charge is 2.18. The number of rotatable bonds is 3. The smallest absolute Gasteiger partial charge is 0.146 e. The molecule has 0 radical (unpaired) electrons. The first kappa shape index (κ1) is 13.3. The Morgan fingerprint density at radius 2 is 2.00 bits per heavy atom. The molecule has 1 aromatic carbocycles. The minimum absolute atomic E-state index is 0.229. The van der Waals surface area contributed by atoms with E-state index in [4.69, 9.17) is 18.0 Å². The first-order valence-corrected chi connectivity index (χ1v) is 6.83. The Hall–Kier alpha value is -1.16. The van der Waals surface area contributed by atoms with Crippen molar-refractivity contribution in [2.75, 3.05) is 5.32 Å². The van der Waals surface area contributed by atoms with Crippen LogP contribution in [0.4, 0.5) is 10.1 Å². The summed E-state index contributed by atoms with van der Waals surface area (Å²) in [4.78, 5) is 0.229. The van der Waals surface area contributed by atoms with Crippen LogP contribution < -0.4 is 11.1 Å². The minimum Gasteiger partial charge on any atom is -0.389 e. The van der Waals surface area contributed by atoms with E-state index >= 15 is 0 Å². The number of hydrogen-bond acceptors (Lipinski definition) is 2. The third-order valence-corrected chi connectivity index (χ3v) is 3.86. The van der Waals surface area contributed by atoms with Gasteiger partial charge < -0.3 is 11.1 Å². The Bertz CT molecular complexity index is 439. The van der Waals surface area contributed by atoms with E-state index in [0.717, 1.165) is 18.8 Å². The maximum atomic E-state index is 13.9. The van der Waals surface area contributed by atoms with Crippen molar-refractivity contribution in [2.45, 2.75) is 38.6 Å². The number of thiocarbonyl (C=S) groups is 1. The monoisotopic (exact) mass is 266 g/mol. The van der Waals surface area contributed by atoms with Gasteiger partial charge in [0, 0.05) is 11.6 Å². The molecule has 0 atom stereocenters. The predicted molar refractivity (Wildman–Crippen MR) is 77.3 cm³/mol. The molecule has 0 aliphatic heterocycles. The highest BCUT2D eigenvalue weighted by Crippen LogP contribution is 2.27. The molecule has 0 bridgehead atoms. The summed E-state index contributed by atoms with van der Waals surface area (Å²) in [6.45, 7) is 2.27. The molecule has 1 aliphatic rings. The SMILES string of the molecule is CC1CCC(Nc2ccc(C(N)=S)cc2F)CC1. The Kier molecular flexibility index (Phi) is 4.17. The zero-order valence-electron chi connectivity index (χ0n) is 10.6. The summed E-state index contributed by atoms with van der Waals surface area (Å²) in [5, 5.41) is 3.28. The second kappa shape index (κ2) is 5.65. The van der Waals surface area contributed by atoms with Crippen LogP contribution in [-0.2, 0) is 0 Å². The van der Waals surface area contributed by atoms with Gasteiger partial charge in [-0.1, -0.05) is 19.1 Å². The first-order chi connectivity index (χ1) is 8.56. The van der Waals surface area contributed by atoms with Crippen LogP contribution in [-0.4, -0.2) is 11.0 Å². The van der Waals surface area contributed by atoms with Gasteiger partial charge in [-0.3, -0.25) is 0 Å². The Balaban J connectivity index is 2.03. The molecule has 1 fully saturated rings. The standard InChI is InChI=1S/C14H19FN2S/c1-9-2-5-11(6-3-9)17-13-7-4-10(14(16)18)8-12(13)15/h4,7-9,11,17H,2-3,5-6H2,1H3,(H2,16,18). The zero-order valence-corrected chi connectivity index (χ0v) is 11.4. The summed E-state index contributed by atoms with van der Waals surface area (Å²) >= 11 is 4.83. The van der Waals surface area contributed by atoms with Crippen molar-refractivity contribution in [1.82, 2.24) is 0 Å². The lowest BCUT2D eigenvalue weighted by Gasteiger charge is -2.27. The van der Waals surface area contributed by atoms with Crippen molar-refractivity contribution >= 4 is 22.9 Å². The van der Waals surface area contributed by atoms with Gasteiger partial charge in [-0.05, 0) is 49.8 Å². The molecule has 0 saturated heterocycles. The quantitative estimate of drug-likeness (QED) is 0.823. The first-order valence-electron chi connectivity index (χ1n) is 6.42. The highest BCUT2D eigenvalue weighted by atomic mass is 32.1. The van der Waals surface area contributed by atoms with Gasteiger partial charge in [-0.25, -0.2) is 4.39 Å². The molecule has 98 valence electrons. The Morgan fingerprint density at radius 3 is 2.56 bits per heavy atom. The number of nitrogens with two attached hydrogens (primary N) is 1. The zero-order chi connectivity index (χ0) is 13.1. The highest BCUT2D eigenvalue weighted by molar-refractivity contribution is 7.80. The fourth-order valence-electron chi connectivity index (χ4n) is 2.41. The maximum absolute atomic E-state index is 13.9. The van der Waals surface area contributed by atoms with E-state index in [9.17, 15) is 4.39 Å². The molecular formula is C14H19FN2S. The van der Waals surface area contributed by atoms with Crippen molar-refractivity contribution in [1.29, 1.82) is 0 Å². The van der Waals surface area contributed by atoms with Gasteiger partial charge in [0.1, 0.15) is 10.8 Å². The lowest BCUT2D eigenvalue weighted by Crippen LogP contribution is -2.25. The molecule has 0 aromatic heterocycles. The van der Waals surface area contributed by atoms with Crippen LogP contribution in [0.5, 0.6) is 0 Å². The maximum Gasteiger partial charge on any atom is 0.146 e. The molecule has 2 rings (SSSR count). The third kappa shape index (κ3) is 3.19. The van der Waals surface area contributed by atoms with Crippen LogP contribution in [0.1, 0.15) is 38.2 Å². The van der Waals surface area contributed by atoms with Crippen molar-refractivity contribution < 1.29 is 4.39 Å². The molecule has 0 spiro atoms.